The Balaban J connectivity index is 1.84. The molecule has 0 radical (unpaired) electrons. The zero-order chi connectivity index (χ0) is 13.2. The summed E-state index contributed by atoms with van der Waals surface area (Å²) >= 11 is 0. The maximum absolute atomic E-state index is 5.79. The quantitative estimate of drug-likeness (QED) is 0.459. The van der Waals surface area contributed by atoms with Crippen molar-refractivity contribution >= 4 is 21.6 Å². The molecule has 98 valence electrons. The van der Waals surface area contributed by atoms with Crippen molar-refractivity contribution in [1.29, 1.82) is 0 Å². The van der Waals surface area contributed by atoms with E-state index >= 15 is 0 Å². The first-order valence-corrected chi connectivity index (χ1v) is 7.80. The van der Waals surface area contributed by atoms with Crippen LogP contribution >= 0.6 is 21.6 Å². The van der Waals surface area contributed by atoms with Crippen molar-refractivity contribution in [1.82, 2.24) is 0 Å². The summed E-state index contributed by atoms with van der Waals surface area (Å²) in [6, 6.07) is 0. The first-order chi connectivity index (χ1) is 8.36. The van der Waals surface area contributed by atoms with E-state index in [-0.39, 0.29) is 0 Å². The molecule has 0 aromatic carbocycles. The first-order valence-electron chi connectivity index (χ1n) is 5.65. The fourth-order valence-electron chi connectivity index (χ4n) is 1.52. The van der Waals surface area contributed by atoms with Crippen molar-refractivity contribution < 1.29 is 0 Å². The smallest absolute Gasteiger partial charge is 0.0867 e. The van der Waals surface area contributed by atoms with E-state index in [4.69, 9.17) is 22.9 Å². The van der Waals surface area contributed by atoms with Gasteiger partial charge in [0.25, 0.3) is 0 Å². The molecule has 0 fully saturated rings. The molecule has 2 rings (SSSR count). The summed E-state index contributed by atoms with van der Waals surface area (Å²) in [7, 11) is 3.37. The number of rotatable bonds is 3. The Morgan fingerprint density at radius 1 is 0.778 bits per heavy atom. The molecule has 0 saturated heterocycles. The molecule has 0 unspecified atom stereocenters. The standard InChI is InChI=1S/C12H18N4S2/c13-11(14)5-1-9(2-6-11)17-18-10-3-7-12(15,16)8-4-10/h1-5,7H,6,8,13-16H2. The lowest BCUT2D eigenvalue weighted by molar-refractivity contribution is 0.556. The van der Waals surface area contributed by atoms with E-state index in [1.54, 1.807) is 21.6 Å². The molecular weight excluding hydrogens is 264 g/mol. The third kappa shape index (κ3) is 4.01. The molecule has 2 aliphatic carbocycles. The monoisotopic (exact) mass is 282 g/mol. The van der Waals surface area contributed by atoms with Crippen LogP contribution in [0.15, 0.2) is 46.3 Å². The summed E-state index contributed by atoms with van der Waals surface area (Å²) in [5.74, 6) is 0. The molecule has 18 heavy (non-hydrogen) atoms. The van der Waals surface area contributed by atoms with Crippen LogP contribution < -0.4 is 22.9 Å². The molecule has 0 amide bonds. The highest BCUT2D eigenvalue weighted by molar-refractivity contribution is 8.79. The van der Waals surface area contributed by atoms with Gasteiger partial charge < -0.3 is 22.9 Å². The minimum Gasteiger partial charge on any atom is -0.310 e. The summed E-state index contributed by atoms with van der Waals surface area (Å²) < 4.78 is 0. The summed E-state index contributed by atoms with van der Waals surface area (Å²) in [5, 5.41) is 0. The van der Waals surface area contributed by atoms with Gasteiger partial charge in [-0.15, -0.1) is 0 Å². The van der Waals surface area contributed by atoms with Crippen LogP contribution in [0, 0.1) is 0 Å². The zero-order valence-corrected chi connectivity index (χ0v) is 11.6. The Morgan fingerprint density at radius 3 is 1.44 bits per heavy atom. The molecule has 8 N–H and O–H groups in total. The predicted octanol–water partition coefficient (Wildman–Crippen LogP) is 1.28. The highest BCUT2D eigenvalue weighted by Gasteiger charge is 2.19. The molecule has 6 heteroatoms. The van der Waals surface area contributed by atoms with Crippen LogP contribution in [-0.4, -0.2) is 11.3 Å². The van der Waals surface area contributed by atoms with Crippen molar-refractivity contribution in [3.05, 3.63) is 46.3 Å². The summed E-state index contributed by atoms with van der Waals surface area (Å²) in [4.78, 5) is 2.33. The molecule has 0 atom stereocenters. The van der Waals surface area contributed by atoms with Crippen molar-refractivity contribution in [2.24, 2.45) is 22.9 Å². The lowest BCUT2D eigenvalue weighted by Gasteiger charge is -2.23. The van der Waals surface area contributed by atoms with Gasteiger partial charge in [0.15, 0.2) is 0 Å². The second kappa shape index (κ2) is 5.24. The molecule has 0 aliphatic heterocycles. The van der Waals surface area contributed by atoms with Gasteiger partial charge in [-0.2, -0.15) is 0 Å². The molecule has 4 nitrogen and oxygen atoms in total. The Morgan fingerprint density at radius 2 is 1.17 bits per heavy atom. The number of allylic oxidation sites excluding steroid dienone is 2. The highest BCUT2D eigenvalue weighted by atomic mass is 33.1. The Kier molecular flexibility index (Phi) is 4.05. The van der Waals surface area contributed by atoms with E-state index in [0.29, 0.717) is 12.8 Å². The predicted molar refractivity (Wildman–Crippen MR) is 81.1 cm³/mol. The number of hydrogen-bond acceptors (Lipinski definition) is 6. The molecule has 0 saturated carbocycles. The van der Waals surface area contributed by atoms with Crippen molar-refractivity contribution in [3.63, 3.8) is 0 Å². The minimum absolute atomic E-state index is 0.663. The Bertz CT molecular complexity index is 405. The highest BCUT2D eigenvalue weighted by Crippen LogP contribution is 2.40. The van der Waals surface area contributed by atoms with E-state index in [0.717, 1.165) is 9.81 Å². The molecule has 0 spiro atoms. The molecule has 0 aromatic rings. The summed E-state index contributed by atoms with van der Waals surface area (Å²) in [6.45, 7) is 0. The van der Waals surface area contributed by atoms with Gasteiger partial charge in [-0.25, -0.2) is 0 Å². The van der Waals surface area contributed by atoms with E-state index in [1.165, 1.54) is 0 Å². The van der Waals surface area contributed by atoms with Gasteiger partial charge >= 0.3 is 0 Å². The Hall–Kier alpha value is -0.500. The second-order valence-electron chi connectivity index (χ2n) is 4.68. The van der Waals surface area contributed by atoms with E-state index < -0.39 is 11.3 Å². The Labute approximate surface area is 115 Å². The summed E-state index contributed by atoms with van der Waals surface area (Å²) in [6.07, 6.45) is 13.0. The maximum Gasteiger partial charge on any atom is 0.0867 e. The lowest BCUT2D eigenvalue weighted by atomic mass is 10.0. The van der Waals surface area contributed by atoms with E-state index in [2.05, 4.69) is 12.2 Å². The number of nitrogens with two attached hydrogens (primary N) is 4. The van der Waals surface area contributed by atoms with Crippen LogP contribution in [0.2, 0.25) is 0 Å². The largest absolute Gasteiger partial charge is 0.310 e. The van der Waals surface area contributed by atoms with Crippen molar-refractivity contribution in [2.75, 3.05) is 0 Å². The normalized spacial score (nSPS) is 24.7. The van der Waals surface area contributed by atoms with Crippen molar-refractivity contribution in [3.8, 4) is 0 Å². The second-order valence-corrected chi connectivity index (χ2v) is 6.96. The fourth-order valence-corrected chi connectivity index (χ4v) is 3.58. The van der Waals surface area contributed by atoms with Gasteiger partial charge in [0.2, 0.25) is 0 Å². The van der Waals surface area contributed by atoms with Crippen LogP contribution in [0.5, 0.6) is 0 Å². The van der Waals surface area contributed by atoms with Gasteiger partial charge in [0.1, 0.15) is 0 Å². The van der Waals surface area contributed by atoms with Crippen LogP contribution in [0.3, 0.4) is 0 Å². The fraction of sp³-hybridized carbons (Fsp3) is 0.333. The summed E-state index contributed by atoms with van der Waals surface area (Å²) in [5.41, 5.74) is 21.8. The van der Waals surface area contributed by atoms with Gasteiger partial charge in [-0.05, 0) is 24.3 Å². The van der Waals surface area contributed by atoms with Crippen LogP contribution in [0.4, 0.5) is 0 Å². The lowest BCUT2D eigenvalue weighted by Crippen LogP contribution is -2.47. The average molecular weight is 282 g/mol. The average Bonchev–Trinajstić information content (AvgIpc) is 2.29. The molecule has 0 aromatic heterocycles. The maximum atomic E-state index is 5.79. The minimum atomic E-state index is -0.697. The third-order valence-electron chi connectivity index (χ3n) is 2.66. The van der Waals surface area contributed by atoms with Gasteiger partial charge in [0.05, 0.1) is 11.3 Å². The molecule has 0 heterocycles. The van der Waals surface area contributed by atoms with Crippen molar-refractivity contribution in [2.45, 2.75) is 24.2 Å². The van der Waals surface area contributed by atoms with Crippen LogP contribution in [0.25, 0.3) is 0 Å². The van der Waals surface area contributed by atoms with E-state index in [1.807, 2.05) is 24.3 Å². The molecular formula is C12H18N4S2. The topological polar surface area (TPSA) is 104 Å². The van der Waals surface area contributed by atoms with Crippen LogP contribution in [-0.2, 0) is 0 Å². The van der Waals surface area contributed by atoms with Crippen LogP contribution in [0.1, 0.15) is 12.8 Å². The SMILES string of the molecule is NC1(N)C=CC(SSC2=CCC(N)(N)C=C2)=CC1. The zero-order valence-electron chi connectivity index (χ0n) is 10.0. The molecule has 0 bridgehead atoms. The molecule has 2 aliphatic rings. The number of hydrogen-bond donors (Lipinski definition) is 4. The third-order valence-corrected chi connectivity index (χ3v) is 5.14. The van der Waals surface area contributed by atoms with Gasteiger partial charge in [-0.1, -0.05) is 33.7 Å². The van der Waals surface area contributed by atoms with Gasteiger partial charge in [0, 0.05) is 22.7 Å². The first kappa shape index (κ1) is 13.9. The van der Waals surface area contributed by atoms with E-state index in [9.17, 15) is 0 Å². The van der Waals surface area contributed by atoms with Gasteiger partial charge in [-0.3, -0.25) is 0 Å².